The molecule has 8 heteroatoms. The molecule has 0 aliphatic carbocycles. The molecule has 142 valence electrons. The summed E-state index contributed by atoms with van der Waals surface area (Å²) < 4.78 is 10.8. The minimum absolute atomic E-state index is 0.0269. The van der Waals surface area contributed by atoms with Gasteiger partial charge < -0.3 is 9.47 Å². The Morgan fingerprint density at radius 2 is 1.85 bits per heavy atom. The molecule has 2 aromatic rings. The lowest BCUT2D eigenvalue weighted by Gasteiger charge is -2.10. The van der Waals surface area contributed by atoms with E-state index in [9.17, 15) is 14.9 Å². The number of para-hydroxylation sites is 2. The smallest absolute Gasteiger partial charge is 0.310 e. The third kappa shape index (κ3) is 6.10. The Morgan fingerprint density at radius 3 is 2.48 bits per heavy atom. The fourth-order valence-electron chi connectivity index (χ4n) is 2.16. The summed E-state index contributed by atoms with van der Waals surface area (Å²) in [7, 11) is 0. The van der Waals surface area contributed by atoms with Crippen LogP contribution in [-0.2, 0) is 4.79 Å². The van der Waals surface area contributed by atoms with E-state index in [0.717, 1.165) is 11.3 Å². The van der Waals surface area contributed by atoms with Gasteiger partial charge in [0.15, 0.2) is 12.4 Å². The van der Waals surface area contributed by atoms with Gasteiger partial charge in [0.2, 0.25) is 0 Å². The van der Waals surface area contributed by atoms with Crippen molar-refractivity contribution >= 4 is 17.3 Å². The summed E-state index contributed by atoms with van der Waals surface area (Å²) in [6.45, 7) is 5.26. The van der Waals surface area contributed by atoms with Crippen LogP contribution in [0.1, 0.15) is 26.3 Å². The van der Waals surface area contributed by atoms with Crippen LogP contribution in [0.25, 0.3) is 0 Å². The SMILES string of the molecule is C/C(=N/NC(=O)COc1ccccc1[N+](=O)[O-])c1ccc(OC(C)C)cc1. The Kier molecular flexibility index (Phi) is 6.87. The molecule has 0 atom stereocenters. The number of benzene rings is 2. The van der Waals surface area contributed by atoms with Gasteiger partial charge in [-0.1, -0.05) is 12.1 Å². The zero-order valence-electron chi connectivity index (χ0n) is 15.3. The molecule has 0 saturated heterocycles. The first-order chi connectivity index (χ1) is 12.9. The minimum atomic E-state index is -0.567. The average molecular weight is 371 g/mol. The van der Waals surface area contributed by atoms with Crippen molar-refractivity contribution in [3.05, 3.63) is 64.2 Å². The van der Waals surface area contributed by atoms with Crippen LogP contribution in [0.2, 0.25) is 0 Å². The molecule has 8 nitrogen and oxygen atoms in total. The second-order valence-corrected chi connectivity index (χ2v) is 5.94. The minimum Gasteiger partial charge on any atom is -0.491 e. The van der Waals surface area contributed by atoms with E-state index in [2.05, 4.69) is 10.5 Å². The largest absolute Gasteiger partial charge is 0.491 e. The van der Waals surface area contributed by atoms with Crippen molar-refractivity contribution in [2.75, 3.05) is 6.61 Å². The van der Waals surface area contributed by atoms with Gasteiger partial charge in [0, 0.05) is 6.07 Å². The Hall–Kier alpha value is -3.42. The molecule has 2 aromatic carbocycles. The zero-order valence-corrected chi connectivity index (χ0v) is 15.3. The molecular formula is C19H21N3O5. The molecule has 0 aliphatic heterocycles. The van der Waals surface area contributed by atoms with Gasteiger partial charge in [-0.05, 0) is 56.7 Å². The monoisotopic (exact) mass is 371 g/mol. The van der Waals surface area contributed by atoms with E-state index in [4.69, 9.17) is 9.47 Å². The average Bonchev–Trinajstić information content (AvgIpc) is 2.64. The number of nitro groups is 1. The Labute approximate surface area is 157 Å². The van der Waals surface area contributed by atoms with Crippen molar-refractivity contribution in [1.29, 1.82) is 0 Å². The molecule has 0 aliphatic rings. The summed E-state index contributed by atoms with van der Waals surface area (Å²) in [6.07, 6.45) is 0.0883. The number of hydrogen-bond donors (Lipinski definition) is 1. The number of amides is 1. The molecule has 27 heavy (non-hydrogen) atoms. The van der Waals surface area contributed by atoms with Crippen LogP contribution in [0, 0.1) is 10.1 Å². The lowest BCUT2D eigenvalue weighted by atomic mass is 10.1. The van der Waals surface area contributed by atoms with Crippen molar-refractivity contribution < 1.29 is 19.2 Å². The second-order valence-electron chi connectivity index (χ2n) is 5.94. The van der Waals surface area contributed by atoms with Gasteiger partial charge >= 0.3 is 5.69 Å². The summed E-state index contributed by atoms with van der Waals surface area (Å²) in [5.74, 6) is 0.259. The van der Waals surface area contributed by atoms with Crippen LogP contribution in [0.3, 0.4) is 0 Å². The zero-order chi connectivity index (χ0) is 19.8. The highest BCUT2D eigenvalue weighted by Gasteiger charge is 2.14. The van der Waals surface area contributed by atoms with Crippen LogP contribution < -0.4 is 14.9 Å². The van der Waals surface area contributed by atoms with E-state index in [1.165, 1.54) is 18.2 Å². The molecule has 0 spiro atoms. The number of nitro benzene ring substituents is 1. The van der Waals surface area contributed by atoms with Crippen LogP contribution in [0.15, 0.2) is 53.6 Å². The third-order valence-electron chi connectivity index (χ3n) is 3.41. The number of carbonyl (C=O) groups is 1. The fraction of sp³-hybridized carbons (Fsp3) is 0.263. The number of nitrogens with one attached hydrogen (secondary N) is 1. The van der Waals surface area contributed by atoms with Crippen LogP contribution in [0.5, 0.6) is 11.5 Å². The molecule has 0 aromatic heterocycles. The lowest BCUT2D eigenvalue weighted by molar-refractivity contribution is -0.385. The van der Waals surface area contributed by atoms with Gasteiger partial charge in [-0.2, -0.15) is 5.10 Å². The van der Waals surface area contributed by atoms with Gasteiger partial charge in [-0.25, -0.2) is 5.43 Å². The molecule has 0 saturated carbocycles. The molecule has 0 fully saturated rings. The number of ether oxygens (including phenoxy) is 2. The van der Waals surface area contributed by atoms with Crippen LogP contribution >= 0.6 is 0 Å². The number of carbonyl (C=O) groups excluding carboxylic acids is 1. The van der Waals surface area contributed by atoms with E-state index in [0.29, 0.717) is 5.71 Å². The summed E-state index contributed by atoms with van der Waals surface area (Å²) >= 11 is 0. The van der Waals surface area contributed by atoms with Crippen LogP contribution in [0.4, 0.5) is 5.69 Å². The van der Waals surface area contributed by atoms with E-state index < -0.39 is 10.8 Å². The summed E-state index contributed by atoms with van der Waals surface area (Å²) in [4.78, 5) is 22.2. The summed E-state index contributed by atoms with van der Waals surface area (Å²) in [6, 6.07) is 13.2. The first kappa shape index (κ1) is 19.9. The van der Waals surface area contributed by atoms with Crippen molar-refractivity contribution in [1.82, 2.24) is 5.43 Å². The van der Waals surface area contributed by atoms with Crippen LogP contribution in [-0.4, -0.2) is 29.3 Å². The quantitative estimate of drug-likeness (QED) is 0.436. The van der Waals surface area contributed by atoms with Crippen molar-refractivity contribution in [2.45, 2.75) is 26.9 Å². The maximum absolute atomic E-state index is 11.9. The Bertz CT molecular complexity index is 831. The topological polar surface area (TPSA) is 103 Å². The highest BCUT2D eigenvalue weighted by atomic mass is 16.6. The Morgan fingerprint density at radius 1 is 1.19 bits per heavy atom. The molecule has 0 radical (unpaired) electrons. The molecule has 2 rings (SSSR count). The summed E-state index contributed by atoms with van der Waals surface area (Å²) in [5, 5.41) is 14.9. The first-order valence-electron chi connectivity index (χ1n) is 8.33. The first-order valence-corrected chi connectivity index (χ1v) is 8.33. The predicted molar refractivity (Wildman–Crippen MR) is 101 cm³/mol. The number of hydrogen-bond acceptors (Lipinski definition) is 6. The molecule has 0 heterocycles. The molecule has 1 amide bonds. The summed E-state index contributed by atoms with van der Waals surface area (Å²) in [5.41, 5.74) is 3.60. The molecule has 0 bridgehead atoms. The third-order valence-corrected chi connectivity index (χ3v) is 3.41. The van der Waals surface area contributed by atoms with E-state index in [1.807, 2.05) is 38.1 Å². The number of rotatable bonds is 8. The lowest BCUT2D eigenvalue weighted by Crippen LogP contribution is -2.25. The highest BCUT2D eigenvalue weighted by molar-refractivity contribution is 5.99. The fourth-order valence-corrected chi connectivity index (χ4v) is 2.16. The molecular weight excluding hydrogens is 350 g/mol. The van der Waals surface area contributed by atoms with Crippen molar-refractivity contribution in [2.24, 2.45) is 5.10 Å². The Balaban J connectivity index is 1.91. The van der Waals surface area contributed by atoms with E-state index >= 15 is 0 Å². The van der Waals surface area contributed by atoms with Crippen molar-refractivity contribution in [3.8, 4) is 11.5 Å². The second kappa shape index (κ2) is 9.33. The van der Waals surface area contributed by atoms with Gasteiger partial charge in [-0.15, -0.1) is 0 Å². The van der Waals surface area contributed by atoms with E-state index in [-0.39, 0.29) is 24.1 Å². The highest BCUT2D eigenvalue weighted by Crippen LogP contribution is 2.25. The number of hydrazone groups is 1. The number of nitrogens with zero attached hydrogens (tertiary/aromatic N) is 2. The van der Waals surface area contributed by atoms with Gasteiger partial charge in [0.05, 0.1) is 16.7 Å². The molecule has 0 unspecified atom stereocenters. The maximum Gasteiger partial charge on any atom is 0.310 e. The predicted octanol–water partition coefficient (Wildman–Crippen LogP) is 3.30. The normalized spacial score (nSPS) is 11.2. The van der Waals surface area contributed by atoms with Crippen molar-refractivity contribution in [3.63, 3.8) is 0 Å². The van der Waals surface area contributed by atoms with Gasteiger partial charge in [0.25, 0.3) is 5.91 Å². The maximum atomic E-state index is 11.9. The molecule has 1 N–H and O–H groups in total. The van der Waals surface area contributed by atoms with E-state index in [1.54, 1.807) is 13.0 Å². The van der Waals surface area contributed by atoms with Gasteiger partial charge in [-0.3, -0.25) is 14.9 Å². The van der Waals surface area contributed by atoms with Gasteiger partial charge in [0.1, 0.15) is 5.75 Å². The standard InChI is InChI=1S/C19H21N3O5/c1-13(2)27-16-10-8-15(9-11-16)14(3)20-21-19(23)12-26-18-7-5-4-6-17(18)22(24)25/h4-11,13H,12H2,1-3H3,(H,21,23)/b20-14-.